The molecule has 134 valence electrons. The van der Waals surface area contributed by atoms with E-state index in [1.807, 2.05) is 31.5 Å². The second-order valence-electron chi connectivity index (χ2n) is 6.54. The zero-order valence-corrected chi connectivity index (χ0v) is 15.1. The van der Waals surface area contributed by atoms with Crippen molar-refractivity contribution in [2.75, 3.05) is 36.0 Å². The second-order valence-corrected chi connectivity index (χ2v) is 6.54. The number of hydrogen-bond donors (Lipinski definition) is 0. The maximum Gasteiger partial charge on any atom is 0.258 e. The van der Waals surface area contributed by atoms with Crippen LogP contribution in [0.2, 0.25) is 0 Å². The molecule has 7 nitrogen and oxygen atoms in total. The molecule has 0 bridgehead atoms. The van der Waals surface area contributed by atoms with Crippen LogP contribution in [-0.2, 0) is 0 Å². The Morgan fingerprint density at radius 2 is 1.85 bits per heavy atom. The van der Waals surface area contributed by atoms with Crippen molar-refractivity contribution < 1.29 is 4.52 Å². The van der Waals surface area contributed by atoms with E-state index >= 15 is 0 Å². The Balaban J connectivity index is 1.52. The van der Waals surface area contributed by atoms with Crippen LogP contribution in [0.25, 0.3) is 11.5 Å². The van der Waals surface area contributed by atoms with Crippen molar-refractivity contribution in [3.8, 4) is 11.5 Å². The van der Waals surface area contributed by atoms with Gasteiger partial charge in [0.2, 0.25) is 0 Å². The van der Waals surface area contributed by atoms with E-state index in [9.17, 15) is 0 Å². The molecule has 1 saturated heterocycles. The number of nitrogens with zero attached hydrogens (tertiary/aromatic N) is 6. The Hall–Kier alpha value is -2.96. The van der Waals surface area contributed by atoms with Crippen molar-refractivity contribution in [3.63, 3.8) is 0 Å². The molecular weight excluding hydrogens is 328 g/mol. The maximum atomic E-state index is 5.28. The van der Waals surface area contributed by atoms with Crippen LogP contribution in [-0.4, -0.2) is 46.3 Å². The molecule has 0 aromatic carbocycles. The van der Waals surface area contributed by atoms with Crippen LogP contribution in [0.1, 0.15) is 17.8 Å². The van der Waals surface area contributed by atoms with E-state index in [0.717, 1.165) is 44.0 Å². The fraction of sp³-hybridized carbons (Fsp3) is 0.368. The van der Waals surface area contributed by atoms with E-state index in [-0.39, 0.29) is 0 Å². The fourth-order valence-corrected chi connectivity index (χ4v) is 3.35. The molecule has 0 unspecified atom stereocenters. The van der Waals surface area contributed by atoms with Crippen LogP contribution < -0.4 is 9.80 Å². The summed E-state index contributed by atoms with van der Waals surface area (Å²) < 4.78 is 5.28. The molecule has 1 aliphatic rings. The molecule has 0 atom stereocenters. The highest BCUT2D eigenvalue weighted by molar-refractivity contribution is 5.59. The van der Waals surface area contributed by atoms with Crippen molar-refractivity contribution >= 4 is 11.5 Å². The van der Waals surface area contributed by atoms with Gasteiger partial charge in [-0.05, 0) is 44.0 Å². The van der Waals surface area contributed by atoms with E-state index in [1.165, 1.54) is 11.3 Å². The normalized spacial score (nSPS) is 15.2. The molecule has 0 amide bonds. The van der Waals surface area contributed by atoms with Gasteiger partial charge in [0.05, 0.1) is 0 Å². The average molecular weight is 350 g/mol. The summed E-state index contributed by atoms with van der Waals surface area (Å²) in [5.74, 6) is 2.12. The summed E-state index contributed by atoms with van der Waals surface area (Å²) in [4.78, 5) is 17.8. The molecule has 1 fully saturated rings. The molecule has 4 heterocycles. The van der Waals surface area contributed by atoms with Gasteiger partial charge >= 0.3 is 0 Å². The number of hydrogen-bond acceptors (Lipinski definition) is 7. The smallest absolute Gasteiger partial charge is 0.258 e. The van der Waals surface area contributed by atoms with Crippen molar-refractivity contribution in [2.24, 2.45) is 0 Å². The third-order valence-corrected chi connectivity index (χ3v) is 4.67. The zero-order valence-electron chi connectivity index (χ0n) is 15.1. The van der Waals surface area contributed by atoms with Gasteiger partial charge in [-0.3, -0.25) is 4.98 Å². The lowest BCUT2D eigenvalue weighted by Gasteiger charge is -2.25. The first-order valence-corrected chi connectivity index (χ1v) is 8.88. The highest BCUT2D eigenvalue weighted by atomic mass is 16.5. The molecule has 0 radical (unpaired) electrons. The van der Waals surface area contributed by atoms with E-state index in [2.05, 4.69) is 42.9 Å². The van der Waals surface area contributed by atoms with Crippen molar-refractivity contribution in [3.05, 3.63) is 48.2 Å². The molecule has 0 saturated carbocycles. The number of aromatic nitrogens is 4. The van der Waals surface area contributed by atoms with Crippen molar-refractivity contribution in [2.45, 2.75) is 20.3 Å². The molecule has 1 aliphatic heterocycles. The molecule has 3 aromatic heterocycles. The van der Waals surface area contributed by atoms with E-state index in [0.29, 0.717) is 11.7 Å². The Morgan fingerprint density at radius 1 is 1.00 bits per heavy atom. The van der Waals surface area contributed by atoms with Crippen LogP contribution in [0.5, 0.6) is 0 Å². The fourth-order valence-electron chi connectivity index (χ4n) is 3.35. The highest BCUT2D eigenvalue weighted by Crippen LogP contribution is 2.24. The lowest BCUT2D eigenvalue weighted by molar-refractivity contribution is 0.425. The summed E-state index contributed by atoms with van der Waals surface area (Å²) in [5.41, 5.74) is 3.39. The van der Waals surface area contributed by atoms with Crippen LogP contribution in [0.4, 0.5) is 11.5 Å². The largest absolute Gasteiger partial charge is 0.369 e. The van der Waals surface area contributed by atoms with Crippen LogP contribution >= 0.6 is 0 Å². The Kier molecular flexibility index (Phi) is 4.51. The summed E-state index contributed by atoms with van der Waals surface area (Å²) in [7, 11) is 0. The van der Waals surface area contributed by atoms with Crippen LogP contribution in [0.15, 0.2) is 41.3 Å². The lowest BCUT2D eigenvalue weighted by atomic mass is 10.2. The maximum absolute atomic E-state index is 5.28. The van der Waals surface area contributed by atoms with Gasteiger partial charge in [-0.1, -0.05) is 5.16 Å². The average Bonchev–Trinajstić information content (AvgIpc) is 2.95. The molecule has 3 aromatic rings. The number of pyridine rings is 2. The molecule has 0 spiro atoms. The number of aryl methyl sites for hydroxylation is 2. The van der Waals surface area contributed by atoms with Crippen LogP contribution in [0, 0.1) is 13.8 Å². The standard InChI is InChI=1S/C19H22N6O/c1-14-13-20-6-5-17(14)24-8-3-9-25(11-10-24)18-12-16(4-7-21-18)19-22-15(2)23-26-19/h4-7,12-13H,3,8-11H2,1-2H3. The lowest BCUT2D eigenvalue weighted by Crippen LogP contribution is -2.31. The van der Waals surface area contributed by atoms with Gasteiger partial charge < -0.3 is 14.3 Å². The van der Waals surface area contributed by atoms with Gasteiger partial charge in [-0.2, -0.15) is 4.98 Å². The summed E-state index contributed by atoms with van der Waals surface area (Å²) in [6.07, 6.45) is 6.67. The first kappa shape index (κ1) is 16.5. The van der Waals surface area contributed by atoms with Gasteiger partial charge in [-0.25, -0.2) is 4.98 Å². The second kappa shape index (κ2) is 7.11. The Bertz CT molecular complexity index is 893. The summed E-state index contributed by atoms with van der Waals surface area (Å²) in [6, 6.07) is 6.03. The van der Waals surface area contributed by atoms with E-state index in [4.69, 9.17) is 4.52 Å². The zero-order chi connectivity index (χ0) is 17.9. The monoisotopic (exact) mass is 350 g/mol. The molecule has 0 aliphatic carbocycles. The van der Waals surface area contributed by atoms with Gasteiger partial charge in [0.1, 0.15) is 5.82 Å². The third-order valence-electron chi connectivity index (χ3n) is 4.67. The molecule has 26 heavy (non-hydrogen) atoms. The number of rotatable bonds is 3. The summed E-state index contributed by atoms with van der Waals surface area (Å²) >= 11 is 0. The summed E-state index contributed by atoms with van der Waals surface area (Å²) in [5, 5.41) is 3.87. The Labute approximate surface area is 152 Å². The third kappa shape index (κ3) is 3.37. The van der Waals surface area contributed by atoms with E-state index in [1.54, 1.807) is 6.20 Å². The van der Waals surface area contributed by atoms with E-state index < -0.39 is 0 Å². The quantitative estimate of drug-likeness (QED) is 0.719. The first-order chi connectivity index (χ1) is 12.7. The van der Waals surface area contributed by atoms with Crippen LogP contribution in [0.3, 0.4) is 0 Å². The molecular formula is C19H22N6O. The first-order valence-electron chi connectivity index (χ1n) is 8.88. The molecule has 0 N–H and O–H groups in total. The predicted molar refractivity (Wildman–Crippen MR) is 100 cm³/mol. The van der Waals surface area contributed by atoms with Gasteiger partial charge in [-0.15, -0.1) is 0 Å². The molecule has 7 heteroatoms. The predicted octanol–water partition coefficient (Wildman–Crippen LogP) is 2.86. The van der Waals surface area contributed by atoms with Gasteiger partial charge in [0, 0.05) is 56.0 Å². The SMILES string of the molecule is Cc1noc(-c2ccnc(N3CCCN(c4ccncc4C)CC3)c2)n1. The van der Waals surface area contributed by atoms with Gasteiger partial charge in [0.25, 0.3) is 5.89 Å². The topological polar surface area (TPSA) is 71.2 Å². The minimum Gasteiger partial charge on any atom is -0.369 e. The van der Waals surface area contributed by atoms with Crippen molar-refractivity contribution in [1.82, 2.24) is 20.1 Å². The van der Waals surface area contributed by atoms with Gasteiger partial charge in [0.15, 0.2) is 5.82 Å². The molecule has 4 rings (SSSR count). The minimum atomic E-state index is 0.537. The highest BCUT2D eigenvalue weighted by Gasteiger charge is 2.18. The Morgan fingerprint density at radius 3 is 2.65 bits per heavy atom. The number of anilines is 2. The van der Waals surface area contributed by atoms with Crippen molar-refractivity contribution in [1.29, 1.82) is 0 Å². The summed E-state index contributed by atoms with van der Waals surface area (Å²) in [6.45, 7) is 7.81. The minimum absolute atomic E-state index is 0.537.